The van der Waals surface area contributed by atoms with E-state index < -0.39 is 10.0 Å². The Kier molecular flexibility index (Phi) is 6.08. The lowest BCUT2D eigenvalue weighted by atomic mass is 10.1. The fourth-order valence-corrected chi connectivity index (χ4v) is 3.48. The van der Waals surface area contributed by atoms with Crippen LogP contribution in [0.5, 0.6) is 0 Å². The molecule has 0 unspecified atom stereocenters. The molecule has 5 nitrogen and oxygen atoms in total. The van der Waals surface area contributed by atoms with Crippen molar-refractivity contribution < 1.29 is 13.2 Å². The van der Waals surface area contributed by atoms with Gasteiger partial charge >= 0.3 is 0 Å². The standard InChI is InChI=1S/C18H21ClN2O3S/c1-13-7-8-15(11-14(13)2)18(22)20-9-10-21(25(3,23)24)17-6-4-5-16(19)12-17/h4-8,11-12H,9-10H2,1-3H3,(H,20,22). The molecule has 2 rings (SSSR count). The summed E-state index contributed by atoms with van der Waals surface area (Å²) in [5.41, 5.74) is 3.16. The van der Waals surface area contributed by atoms with Crippen molar-refractivity contribution in [2.24, 2.45) is 0 Å². The van der Waals surface area contributed by atoms with E-state index in [9.17, 15) is 13.2 Å². The number of anilines is 1. The lowest BCUT2D eigenvalue weighted by Gasteiger charge is -2.22. The van der Waals surface area contributed by atoms with Crippen LogP contribution in [0.1, 0.15) is 21.5 Å². The summed E-state index contributed by atoms with van der Waals surface area (Å²) in [5.74, 6) is -0.234. The third-order valence-corrected chi connectivity index (χ3v) is 5.30. The third-order valence-electron chi connectivity index (χ3n) is 3.87. The average Bonchev–Trinajstić information content (AvgIpc) is 2.52. The maximum atomic E-state index is 12.2. The zero-order chi connectivity index (χ0) is 18.6. The van der Waals surface area contributed by atoms with Gasteiger partial charge in [-0.2, -0.15) is 0 Å². The normalized spacial score (nSPS) is 11.2. The molecular weight excluding hydrogens is 360 g/mol. The van der Waals surface area contributed by atoms with Crippen molar-refractivity contribution in [3.8, 4) is 0 Å². The van der Waals surface area contributed by atoms with Gasteiger partial charge in [-0.15, -0.1) is 0 Å². The summed E-state index contributed by atoms with van der Waals surface area (Å²) in [6.45, 7) is 4.23. The largest absolute Gasteiger partial charge is 0.350 e. The molecule has 0 bridgehead atoms. The summed E-state index contributed by atoms with van der Waals surface area (Å²) >= 11 is 5.94. The predicted molar refractivity (Wildman–Crippen MR) is 102 cm³/mol. The lowest BCUT2D eigenvalue weighted by molar-refractivity contribution is 0.0954. The number of nitrogens with one attached hydrogen (secondary N) is 1. The minimum atomic E-state index is -3.49. The predicted octanol–water partition coefficient (Wildman–Crippen LogP) is 3.15. The molecule has 0 radical (unpaired) electrons. The third kappa shape index (κ3) is 5.21. The molecule has 2 aromatic rings. The van der Waals surface area contributed by atoms with Crippen molar-refractivity contribution in [2.45, 2.75) is 13.8 Å². The number of sulfonamides is 1. The van der Waals surface area contributed by atoms with Gasteiger partial charge in [-0.25, -0.2) is 8.42 Å². The van der Waals surface area contributed by atoms with E-state index in [4.69, 9.17) is 11.6 Å². The number of carbonyl (C=O) groups excluding carboxylic acids is 1. The van der Waals surface area contributed by atoms with Crippen molar-refractivity contribution in [3.63, 3.8) is 0 Å². The van der Waals surface area contributed by atoms with Gasteiger partial charge in [0.05, 0.1) is 18.5 Å². The zero-order valence-electron chi connectivity index (χ0n) is 14.4. The van der Waals surface area contributed by atoms with Gasteiger partial charge < -0.3 is 5.32 Å². The first-order valence-corrected chi connectivity index (χ1v) is 10.00. The molecule has 0 fully saturated rings. The molecule has 0 aliphatic rings. The van der Waals surface area contributed by atoms with E-state index >= 15 is 0 Å². The Bertz CT molecular complexity index is 882. The van der Waals surface area contributed by atoms with Crippen LogP contribution in [-0.4, -0.2) is 33.7 Å². The van der Waals surface area contributed by atoms with Crippen LogP contribution in [0.15, 0.2) is 42.5 Å². The quantitative estimate of drug-likeness (QED) is 0.837. The van der Waals surface area contributed by atoms with Crippen molar-refractivity contribution >= 4 is 33.2 Å². The lowest BCUT2D eigenvalue weighted by Crippen LogP contribution is -2.38. The van der Waals surface area contributed by atoms with E-state index in [0.717, 1.165) is 17.4 Å². The maximum Gasteiger partial charge on any atom is 0.251 e. The highest BCUT2D eigenvalue weighted by molar-refractivity contribution is 7.92. The first-order valence-electron chi connectivity index (χ1n) is 7.77. The summed E-state index contributed by atoms with van der Waals surface area (Å²) in [7, 11) is -3.49. The summed E-state index contributed by atoms with van der Waals surface area (Å²) < 4.78 is 25.3. The molecule has 0 aromatic heterocycles. The van der Waals surface area contributed by atoms with Gasteiger partial charge in [0.25, 0.3) is 5.91 Å². The molecule has 0 atom stereocenters. The Balaban J connectivity index is 2.06. The van der Waals surface area contributed by atoms with Gasteiger partial charge in [0.2, 0.25) is 10.0 Å². The van der Waals surface area contributed by atoms with Gasteiger partial charge in [0.1, 0.15) is 0 Å². The van der Waals surface area contributed by atoms with Crippen molar-refractivity contribution in [2.75, 3.05) is 23.7 Å². The number of aryl methyl sites for hydroxylation is 2. The number of carbonyl (C=O) groups is 1. The second kappa shape index (κ2) is 7.89. The fraction of sp³-hybridized carbons (Fsp3) is 0.278. The highest BCUT2D eigenvalue weighted by Crippen LogP contribution is 2.21. The van der Waals surface area contributed by atoms with Gasteiger partial charge in [0, 0.05) is 17.1 Å². The minimum absolute atomic E-state index is 0.121. The molecule has 7 heteroatoms. The molecule has 0 saturated heterocycles. The number of hydrogen-bond acceptors (Lipinski definition) is 3. The maximum absolute atomic E-state index is 12.2. The summed E-state index contributed by atoms with van der Waals surface area (Å²) in [4.78, 5) is 12.2. The van der Waals surface area contributed by atoms with Gasteiger partial charge in [-0.05, 0) is 55.3 Å². The monoisotopic (exact) mass is 380 g/mol. The Morgan fingerprint density at radius 3 is 2.44 bits per heavy atom. The minimum Gasteiger partial charge on any atom is -0.350 e. The molecular formula is C18H21ClN2O3S. The number of amides is 1. The number of benzene rings is 2. The zero-order valence-corrected chi connectivity index (χ0v) is 16.0. The van der Waals surface area contributed by atoms with Crippen molar-refractivity contribution in [3.05, 3.63) is 64.2 Å². The van der Waals surface area contributed by atoms with Gasteiger partial charge in [-0.1, -0.05) is 23.7 Å². The molecule has 134 valence electrons. The van der Waals surface area contributed by atoms with Crippen LogP contribution in [-0.2, 0) is 10.0 Å². The molecule has 25 heavy (non-hydrogen) atoms. The topological polar surface area (TPSA) is 66.5 Å². The van der Waals surface area contributed by atoms with Crippen LogP contribution >= 0.6 is 11.6 Å². The SMILES string of the molecule is Cc1ccc(C(=O)NCCN(c2cccc(Cl)c2)S(C)(=O)=O)cc1C. The second-order valence-electron chi connectivity index (χ2n) is 5.87. The molecule has 0 heterocycles. The van der Waals surface area contributed by atoms with E-state index in [1.54, 1.807) is 30.3 Å². The van der Waals surface area contributed by atoms with E-state index in [2.05, 4.69) is 5.32 Å². The van der Waals surface area contributed by atoms with Crippen LogP contribution in [0.25, 0.3) is 0 Å². The fourth-order valence-electron chi connectivity index (χ4n) is 2.37. The Labute approximate surface area is 153 Å². The highest BCUT2D eigenvalue weighted by atomic mass is 35.5. The van der Waals surface area contributed by atoms with Gasteiger partial charge in [-0.3, -0.25) is 9.10 Å². The molecule has 2 aromatic carbocycles. The second-order valence-corrected chi connectivity index (χ2v) is 8.21. The Morgan fingerprint density at radius 1 is 1.12 bits per heavy atom. The number of halogens is 1. The first kappa shape index (κ1) is 19.3. The average molecular weight is 381 g/mol. The number of nitrogens with zero attached hydrogens (tertiary/aromatic N) is 1. The smallest absolute Gasteiger partial charge is 0.251 e. The van der Waals surface area contributed by atoms with Gasteiger partial charge in [0.15, 0.2) is 0 Å². The highest BCUT2D eigenvalue weighted by Gasteiger charge is 2.18. The molecule has 0 saturated carbocycles. The number of hydrogen-bond donors (Lipinski definition) is 1. The van der Waals surface area contributed by atoms with Crippen LogP contribution in [0.3, 0.4) is 0 Å². The molecule has 1 amide bonds. The van der Waals surface area contributed by atoms with E-state index in [-0.39, 0.29) is 19.0 Å². The molecule has 0 aliphatic heterocycles. The van der Waals surface area contributed by atoms with Crippen LogP contribution in [0, 0.1) is 13.8 Å². The first-order chi connectivity index (χ1) is 11.7. The van der Waals surface area contributed by atoms with E-state index in [0.29, 0.717) is 16.3 Å². The Morgan fingerprint density at radius 2 is 1.84 bits per heavy atom. The van der Waals surface area contributed by atoms with E-state index in [1.807, 2.05) is 26.0 Å². The van der Waals surface area contributed by atoms with Crippen molar-refractivity contribution in [1.29, 1.82) is 0 Å². The van der Waals surface area contributed by atoms with Crippen LogP contribution in [0.2, 0.25) is 5.02 Å². The molecule has 0 aliphatic carbocycles. The number of rotatable bonds is 6. The summed E-state index contributed by atoms with van der Waals surface area (Å²) in [6.07, 6.45) is 1.12. The Hall–Kier alpha value is -2.05. The van der Waals surface area contributed by atoms with E-state index in [1.165, 1.54) is 4.31 Å². The summed E-state index contributed by atoms with van der Waals surface area (Å²) in [6, 6.07) is 12.1. The van der Waals surface area contributed by atoms with Crippen LogP contribution in [0.4, 0.5) is 5.69 Å². The van der Waals surface area contributed by atoms with Crippen LogP contribution < -0.4 is 9.62 Å². The van der Waals surface area contributed by atoms with Crippen molar-refractivity contribution in [1.82, 2.24) is 5.32 Å². The summed E-state index contributed by atoms with van der Waals surface area (Å²) in [5, 5.41) is 3.20. The molecule has 1 N–H and O–H groups in total. The molecule has 0 spiro atoms.